The zero-order chi connectivity index (χ0) is 12.4. The molecular weight excluding hydrogens is 226 g/mol. The van der Waals surface area contributed by atoms with Crippen LogP contribution in [0.2, 0.25) is 0 Å². The number of aryl methyl sites for hydroxylation is 1. The lowest BCUT2D eigenvalue weighted by molar-refractivity contribution is 0.0994. The molecule has 0 aromatic heterocycles. The van der Waals surface area contributed by atoms with Crippen LogP contribution in [-0.4, -0.2) is 36.9 Å². The molecule has 1 aromatic rings. The van der Waals surface area contributed by atoms with Crippen molar-refractivity contribution >= 4 is 5.78 Å². The number of ketones is 1. The second kappa shape index (κ2) is 5.11. The molecule has 1 saturated heterocycles. The highest BCUT2D eigenvalue weighted by molar-refractivity contribution is 6.00. The normalized spacial score (nSPS) is 19.2. The monoisotopic (exact) mass is 245 g/mol. The standard InChI is InChI=1S/C15H19NO2/c17-15-6-3-12-11-13(4-5-14(12)15)18-10-9-16-7-1-2-8-16/h4-5,11H,1-3,6-10H2. The van der Waals surface area contributed by atoms with E-state index in [9.17, 15) is 4.79 Å². The van der Waals surface area contributed by atoms with Crippen molar-refractivity contribution in [1.82, 2.24) is 4.90 Å². The molecule has 0 bridgehead atoms. The SMILES string of the molecule is O=C1CCc2cc(OCCN3CCCC3)ccc21. The van der Waals surface area contributed by atoms with Crippen LogP contribution in [0.25, 0.3) is 0 Å². The molecule has 96 valence electrons. The number of carbonyl (C=O) groups excluding carboxylic acids is 1. The Bertz CT molecular complexity index is 450. The summed E-state index contributed by atoms with van der Waals surface area (Å²) < 4.78 is 5.78. The van der Waals surface area contributed by atoms with Crippen molar-refractivity contribution in [2.45, 2.75) is 25.7 Å². The highest BCUT2D eigenvalue weighted by atomic mass is 16.5. The van der Waals surface area contributed by atoms with Gasteiger partial charge in [0.05, 0.1) is 0 Å². The molecule has 1 aliphatic heterocycles. The predicted molar refractivity (Wildman–Crippen MR) is 70.3 cm³/mol. The van der Waals surface area contributed by atoms with Gasteiger partial charge in [-0.05, 0) is 56.1 Å². The van der Waals surface area contributed by atoms with Gasteiger partial charge in [0.1, 0.15) is 12.4 Å². The van der Waals surface area contributed by atoms with Gasteiger partial charge in [-0.15, -0.1) is 0 Å². The summed E-state index contributed by atoms with van der Waals surface area (Å²) in [7, 11) is 0. The first kappa shape index (κ1) is 11.7. The van der Waals surface area contributed by atoms with Crippen LogP contribution in [0.5, 0.6) is 5.75 Å². The first-order valence-electron chi connectivity index (χ1n) is 6.84. The number of hydrogen-bond donors (Lipinski definition) is 0. The average Bonchev–Trinajstić information content (AvgIpc) is 3.00. The molecule has 0 N–H and O–H groups in total. The van der Waals surface area contributed by atoms with Crippen molar-refractivity contribution in [1.29, 1.82) is 0 Å². The summed E-state index contributed by atoms with van der Waals surface area (Å²) >= 11 is 0. The van der Waals surface area contributed by atoms with Gasteiger partial charge in [-0.25, -0.2) is 0 Å². The number of hydrogen-bond acceptors (Lipinski definition) is 3. The fourth-order valence-corrected chi connectivity index (χ4v) is 2.82. The summed E-state index contributed by atoms with van der Waals surface area (Å²) in [6.07, 6.45) is 4.17. The molecule has 0 unspecified atom stereocenters. The van der Waals surface area contributed by atoms with Gasteiger partial charge in [0.25, 0.3) is 0 Å². The van der Waals surface area contributed by atoms with Crippen LogP contribution in [-0.2, 0) is 6.42 Å². The maximum Gasteiger partial charge on any atom is 0.163 e. The molecule has 0 atom stereocenters. The molecule has 1 heterocycles. The zero-order valence-electron chi connectivity index (χ0n) is 10.7. The number of ether oxygens (including phenoxy) is 1. The molecule has 1 fully saturated rings. The summed E-state index contributed by atoms with van der Waals surface area (Å²) in [5, 5.41) is 0. The summed E-state index contributed by atoms with van der Waals surface area (Å²) in [4.78, 5) is 14.0. The molecule has 0 amide bonds. The maximum atomic E-state index is 11.5. The third-order valence-electron chi connectivity index (χ3n) is 3.87. The number of benzene rings is 1. The maximum absolute atomic E-state index is 11.5. The van der Waals surface area contributed by atoms with Crippen molar-refractivity contribution in [2.24, 2.45) is 0 Å². The Morgan fingerprint density at radius 3 is 2.83 bits per heavy atom. The first-order valence-corrected chi connectivity index (χ1v) is 6.84. The molecule has 1 aliphatic carbocycles. The molecule has 1 aromatic carbocycles. The van der Waals surface area contributed by atoms with E-state index in [4.69, 9.17) is 4.74 Å². The van der Waals surface area contributed by atoms with E-state index in [1.807, 2.05) is 18.2 Å². The lowest BCUT2D eigenvalue weighted by Gasteiger charge is -2.15. The predicted octanol–water partition coefficient (Wildman–Crippen LogP) is 2.29. The largest absolute Gasteiger partial charge is 0.492 e. The molecule has 2 aliphatic rings. The quantitative estimate of drug-likeness (QED) is 0.815. The third kappa shape index (κ3) is 2.41. The molecule has 18 heavy (non-hydrogen) atoms. The summed E-state index contributed by atoms with van der Waals surface area (Å²) in [6.45, 7) is 4.17. The van der Waals surface area contributed by atoms with Gasteiger partial charge < -0.3 is 4.74 Å². The first-order chi connectivity index (χ1) is 8.83. The number of fused-ring (bicyclic) bond motifs is 1. The lowest BCUT2D eigenvalue weighted by atomic mass is 10.1. The van der Waals surface area contributed by atoms with Gasteiger partial charge >= 0.3 is 0 Å². The fraction of sp³-hybridized carbons (Fsp3) is 0.533. The minimum atomic E-state index is 0.272. The van der Waals surface area contributed by atoms with Crippen molar-refractivity contribution < 1.29 is 9.53 Å². The summed E-state index contributed by atoms with van der Waals surface area (Å²) in [5.74, 6) is 1.18. The number of rotatable bonds is 4. The average molecular weight is 245 g/mol. The van der Waals surface area contributed by atoms with Gasteiger partial charge in [0.2, 0.25) is 0 Å². The Balaban J connectivity index is 1.55. The summed E-state index contributed by atoms with van der Waals surface area (Å²) in [6, 6.07) is 5.87. The molecular formula is C15H19NO2. The molecule has 3 nitrogen and oxygen atoms in total. The van der Waals surface area contributed by atoms with Crippen LogP contribution in [0.15, 0.2) is 18.2 Å². The summed E-state index contributed by atoms with van der Waals surface area (Å²) in [5.41, 5.74) is 2.04. The van der Waals surface area contributed by atoms with Crippen molar-refractivity contribution in [3.63, 3.8) is 0 Å². The second-order valence-corrected chi connectivity index (χ2v) is 5.14. The highest BCUT2D eigenvalue weighted by Crippen LogP contribution is 2.26. The van der Waals surface area contributed by atoms with Crippen LogP contribution < -0.4 is 4.74 Å². The van der Waals surface area contributed by atoms with Gasteiger partial charge in [-0.1, -0.05) is 0 Å². The fourth-order valence-electron chi connectivity index (χ4n) is 2.82. The van der Waals surface area contributed by atoms with Gasteiger partial charge in [0.15, 0.2) is 5.78 Å². The van der Waals surface area contributed by atoms with E-state index in [1.165, 1.54) is 25.9 Å². The molecule has 0 saturated carbocycles. The number of Topliss-reactive ketones (excluding diaryl/α,β-unsaturated/α-hetero) is 1. The van der Waals surface area contributed by atoms with E-state index in [0.717, 1.165) is 36.4 Å². The van der Waals surface area contributed by atoms with Gasteiger partial charge in [-0.2, -0.15) is 0 Å². The van der Waals surface area contributed by atoms with E-state index in [-0.39, 0.29) is 5.78 Å². The Morgan fingerprint density at radius 2 is 2.00 bits per heavy atom. The minimum Gasteiger partial charge on any atom is -0.492 e. The van der Waals surface area contributed by atoms with E-state index in [0.29, 0.717) is 6.42 Å². The Labute approximate surface area is 108 Å². The molecule has 3 rings (SSSR count). The Kier molecular flexibility index (Phi) is 3.33. The molecule has 3 heteroatoms. The van der Waals surface area contributed by atoms with Crippen molar-refractivity contribution in [3.8, 4) is 5.75 Å². The van der Waals surface area contributed by atoms with Crippen molar-refractivity contribution in [3.05, 3.63) is 29.3 Å². The smallest absolute Gasteiger partial charge is 0.163 e. The minimum absolute atomic E-state index is 0.272. The number of carbonyl (C=O) groups is 1. The van der Waals surface area contributed by atoms with E-state index < -0.39 is 0 Å². The lowest BCUT2D eigenvalue weighted by Crippen LogP contribution is -2.25. The zero-order valence-corrected chi connectivity index (χ0v) is 10.7. The van der Waals surface area contributed by atoms with Crippen LogP contribution in [0.4, 0.5) is 0 Å². The van der Waals surface area contributed by atoms with Crippen molar-refractivity contribution in [2.75, 3.05) is 26.2 Å². The van der Waals surface area contributed by atoms with E-state index in [2.05, 4.69) is 4.90 Å². The van der Waals surface area contributed by atoms with Crippen LogP contribution in [0, 0.1) is 0 Å². The Hall–Kier alpha value is -1.35. The van der Waals surface area contributed by atoms with Crippen LogP contribution in [0.1, 0.15) is 35.2 Å². The van der Waals surface area contributed by atoms with E-state index >= 15 is 0 Å². The third-order valence-corrected chi connectivity index (χ3v) is 3.87. The topological polar surface area (TPSA) is 29.5 Å². The number of likely N-dealkylation sites (tertiary alicyclic amines) is 1. The van der Waals surface area contributed by atoms with Gasteiger partial charge in [-0.3, -0.25) is 9.69 Å². The molecule has 0 radical (unpaired) electrons. The van der Waals surface area contributed by atoms with E-state index in [1.54, 1.807) is 0 Å². The number of nitrogens with zero attached hydrogens (tertiary/aromatic N) is 1. The van der Waals surface area contributed by atoms with Gasteiger partial charge in [0, 0.05) is 18.5 Å². The Morgan fingerprint density at radius 1 is 1.17 bits per heavy atom. The highest BCUT2D eigenvalue weighted by Gasteiger charge is 2.19. The van der Waals surface area contributed by atoms with Crippen LogP contribution >= 0.6 is 0 Å². The second-order valence-electron chi connectivity index (χ2n) is 5.14. The van der Waals surface area contributed by atoms with Crippen LogP contribution in [0.3, 0.4) is 0 Å². The molecule has 0 spiro atoms.